The number of nitrogens with two attached hydrogens (primary N) is 1. The molecule has 0 aromatic rings. The van der Waals surface area contributed by atoms with Gasteiger partial charge in [0.05, 0.1) is 0 Å². The van der Waals surface area contributed by atoms with Gasteiger partial charge >= 0.3 is 0 Å². The van der Waals surface area contributed by atoms with Gasteiger partial charge in [-0.15, -0.1) is 0 Å². The first-order valence-corrected chi connectivity index (χ1v) is 5.32. The summed E-state index contributed by atoms with van der Waals surface area (Å²) in [5.74, 6) is 0.919. The Hall–Kier alpha value is -0.0400. The molecule has 1 fully saturated rings. The van der Waals surface area contributed by atoms with E-state index < -0.39 is 0 Å². The lowest BCUT2D eigenvalue weighted by atomic mass is 9.69. The van der Waals surface area contributed by atoms with Crippen LogP contribution in [-0.4, -0.2) is 6.04 Å². The molecule has 0 bridgehead atoms. The lowest BCUT2D eigenvalue weighted by Crippen LogP contribution is -2.33. The van der Waals surface area contributed by atoms with Crippen LogP contribution in [0.4, 0.5) is 0 Å². The summed E-state index contributed by atoms with van der Waals surface area (Å²) in [5, 5.41) is 0. The molecule has 2 N–H and O–H groups in total. The van der Waals surface area contributed by atoms with Gasteiger partial charge in [-0.2, -0.15) is 0 Å². The van der Waals surface area contributed by atoms with Crippen LogP contribution in [0.3, 0.4) is 0 Å². The van der Waals surface area contributed by atoms with Crippen molar-refractivity contribution >= 4 is 0 Å². The molecule has 0 radical (unpaired) electrons. The molecule has 72 valence electrons. The smallest absolute Gasteiger partial charge is 0.00390 e. The second-order valence-electron chi connectivity index (χ2n) is 4.95. The average Bonchev–Trinajstić information content (AvgIpc) is 2.05. The third kappa shape index (κ3) is 2.22. The molecule has 0 unspecified atom stereocenters. The Balaban J connectivity index is 2.44. The molecule has 0 heterocycles. The minimum absolute atomic E-state index is 0.494. The highest BCUT2D eigenvalue weighted by Gasteiger charge is 2.30. The van der Waals surface area contributed by atoms with Gasteiger partial charge in [0.25, 0.3) is 0 Å². The van der Waals surface area contributed by atoms with E-state index in [2.05, 4.69) is 20.8 Å². The monoisotopic (exact) mass is 169 g/mol. The van der Waals surface area contributed by atoms with Crippen molar-refractivity contribution in [3.63, 3.8) is 0 Å². The van der Waals surface area contributed by atoms with Gasteiger partial charge in [-0.1, -0.05) is 27.2 Å². The second kappa shape index (κ2) is 3.78. The zero-order valence-electron chi connectivity index (χ0n) is 8.77. The minimum atomic E-state index is 0.494. The van der Waals surface area contributed by atoms with Crippen molar-refractivity contribution < 1.29 is 0 Å². The Morgan fingerprint density at radius 3 is 2.08 bits per heavy atom. The predicted molar refractivity (Wildman–Crippen MR) is 54.0 cm³/mol. The zero-order valence-corrected chi connectivity index (χ0v) is 8.77. The van der Waals surface area contributed by atoms with Gasteiger partial charge in [0, 0.05) is 6.04 Å². The van der Waals surface area contributed by atoms with Gasteiger partial charge in [-0.05, 0) is 37.0 Å². The standard InChI is InChI=1S/C11H23N/c1-4-11(2,3)9-5-7-10(12)8-6-9/h9-10H,4-8,12H2,1-3H3/t9-,10-. The van der Waals surface area contributed by atoms with Crippen molar-refractivity contribution in [2.45, 2.75) is 58.9 Å². The van der Waals surface area contributed by atoms with Crippen LogP contribution >= 0.6 is 0 Å². The van der Waals surface area contributed by atoms with Gasteiger partial charge in [-0.25, -0.2) is 0 Å². The Kier molecular flexibility index (Phi) is 3.16. The summed E-state index contributed by atoms with van der Waals surface area (Å²) in [6.45, 7) is 7.09. The molecule has 0 aromatic heterocycles. The molecule has 0 aliphatic heterocycles. The summed E-state index contributed by atoms with van der Waals surface area (Å²) in [6, 6.07) is 0.494. The molecular weight excluding hydrogens is 146 g/mol. The molecule has 1 heteroatoms. The molecule has 12 heavy (non-hydrogen) atoms. The number of hydrogen-bond donors (Lipinski definition) is 1. The zero-order chi connectivity index (χ0) is 9.19. The maximum absolute atomic E-state index is 5.88. The normalized spacial score (nSPS) is 32.0. The molecule has 1 nitrogen and oxygen atoms in total. The predicted octanol–water partition coefficient (Wildman–Crippen LogP) is 2.94. The highest BCUT2D eigenvalue weighted by atomic mass is 14.6. The van der Waals surface area contributed by atoms with Crippen molar-refractivity contribution in [2.24, 2.45) is 17.1 Å². The first kappa shape index (κ1) is 10.0. The van der Waals surface area contributed by atoms with Crippen molar-refractivity contribution in [2.75, 3.05) is 0 Å². The molecule has 0 saturated heterocycles. The quantitative estimate of drug-likeness (QED) is 0.675. The van der Waals surface area contributed by atoms with Crippen LogP contribution in [0.15, 0.2) is 0 Å². The Morgan fingerprint density at radius 1 is 1.17 bits per heavy atom. The van der Waals surface area contributed by atoms with Crippen molar-refractivity contribution in [1.29, 1.82) is 0 Å². The number of rotatable bonds is 2. The van der Waals surface area contributed by atoms with E-state index in [0.717, 1.165) is 5.92 Å². The fraction of sp³-hybridized carbons (Fsp3) is 1.00. The SMILES string of the molecule is CCC(C)(C)[C@H]1CC[C@H](N)CC1. The van der Waals surface area contributed by atoms with Gasteiger partial charge < -0.3 is 5.73 Å². The lowest BCUT2D eigenvalue weighted by molar-refractivity contribution is 0.145. The molecule has 0 spiro atoms. The molecule has 1 aliphatic rings. The van der Waals surface area contributed by atoms with Crippen LogP contribution in [0.1, 0.15) is 52.9 Å². The van der Waals surface area contributed by atoms with Crippen molar-refractivity contribution in [3.8, 4) is 0 Å². The first-order valence-electron chi connectivity index (χ1n) is 5.32. The van der Waals surface area contributed by atoms with Crippen molar-refractivity contribution in [1.82, 2.24) is 0 Å². The summed E-state index contributed by atoms with van der Waals surface area (Å²) in [6.07, 6.45) is 6.49. The van der Waals surface area contributed by atoms with Crippen LogP contribution in [-0.2, 0) is 0 Å². The van der Waals surface area contributed by atoms with E-state index in [0.29, 0.717) is 11.5 Å². The van der Waals surface area contributed by atoms with Gasteiger partial charge in [0.15, 0.2) is 0 Å². The van der Waals surface area contributed by atoms with Crippen molar-refractivity contribution in [3.05, 3.63) is 0 Å². The van der Waals surface area contributed by atoms with Gasteiger partial charge in [0.1, 0.15) is 0 Å². The van der Waals surface area contributed by atoms with E-state index in [1.54, 1.807) is 0 Å². The van der Waals surface area contributed by atoms with Crippen LogP contribution in [0, 0.1) is 11.3 Å². The molecule has 1 saturated carbocycles. The van der Waals surface area contributed by atoms with Crippen LogP contribution in [0.5, 0.6) is 0 Å². The maximum Gasteiger partial charge on any atom is 0.00390 e. The molecule has 0 atom stereocenters. The molecule has 1 aliphatic carbocycles. The van der Waals surface area contributed by atoms with Gasteiger partial charge in [0.2, 0.25) is 0 Å². The third-order valence-corrected chi connectivity index (χ3v) is 3.79. The third-order valence-electron chi connectivity index (χ3n) is 3.79. The molecule has 1 rings (SSSR count). The van der Waals surface area contributed by atoms with E-state index in [1.165, 1.54) is 32.1 Å². The summed E-state index contributed by atoms with van der Waals surface area (Å²) in [7, 11) is 0. The fourth-order valence-electron chi connectivity index (χ4n) is 2.19. The van der Waals surface area contributed by atoms with E-state index in [9.17, 15) is 0 Å². The number of hydrogen-bond acceptors (Lipinski definition) is 1. The van der Waals surface area contributed by atoms with Crippen LogP contribution in [0.2, 0.25) is 0 Å². The Morgan fingerprint density at radius 2 is 1.67 bits per heavy atom. The van der Waals surface area contributed by atoms with E-state index >= 15 is 0 Å². The highest BCUT2D eigenvalue weighted by molar-refractivity contribution is 4.83. The Bertz CT molecular complexity index is 132. The maximum atomic E-state index is 5.88. The minimum Gasteiger partial charge on any atom is -0.328 e. The summed E-state index contributed by atoms with van der Waals surface area (Å²) in [5.41, 5.74) is 6.42. The first-order chi connectivity index (χ1) is 5.56. The highest BCUT2D eigenvalue weighted by Crippen LogP contribution is 2.39. The summed E-state index contributed by atoms with van der Waals surface area (Å²) in [4.78, 5) is 0. The molecule has 0 amide bonds. The second-order valence-corrected chi connectivity index (χ2v) is 4.95. The van der Waals surface area contributed by atoms with E-state index in [-0.39, 0.29) is 0 Å². The molecule has 0 aromatic carbocycles. The average molecular weight is 169 g/mol. The summed E-state index contributed by atoms with van der Waals surface area (Å²) < 4.78 is 0. The van der Waals surface area contributed by atoms with Crippen LogP contribution in [0.25, 0.3) is 0 Å². The van der Waals surface area contributed by atoms with Crippen LogP contribution < -0.4 is 5.73 Å². The lowest BCUT2D eigenvalue weighted by Gasteiger charge is -2.38. The topological polar surface area (TPSA) is 26.0 Å². The largest absolute Gasteiger partial charge is 0.328 e. The van der Waals surface area contributed by atoms with Gasteiger partial charge in [-0.3, -0.25) is 0 Å². The Labute approximate surface area is 76.7 Å². The van der Waals surface area contributed by atoms with E-state index in [4.69, 9.17) is 5.73 Å². The molecular formula is C11H23N. The summed E-state index contributed by atoms with van der Waals surface area (Å²) >= 11 is 0. The fourth-order valence-corrected chi connectivity index (χ4v) is 2.19. The van der Waals surface area contributed by atoms with E-state index in [1.807, 2.05) is 0 Å².